The fraction of sp³-hybridized carbons (Fsp3) is 0.235. The molecule has 2 rings (SSSR count). The van der Waals surface area contributed by atoms with Gasteiger partial charge in [-0.1, -0.05) is 34.1 Å². The molecule has 0 unspecified atom stereocenters. The third-order valence-corrected chi connectivity index (χ3v) is 3.93. The minimum absolute atomic E-state index is 0.0668. The van der Waals surface area contributed by atoms with Crippen molar-refractivity contribution in [2.24, 2.45) is 0 Å². The summed E-state index contributed by atoms with van der Waals surface area (Å²) in [5.41, 5.74) is 1.44. The third-order valence-electron chi connectivity index (χ3n) is 3.16. The van der Waals surface area contributed by atoms with Gasteiger partial charge in [-0.2, -0.15) is 13.2 Å². The van der Waals surface area contributed by atoms with Gasteiger partial charge in [0.1, 0.15) is 5.75 Å². The molecule has 0 saturated carbocycles. The molecule has 0 saturated heterocycles. The summed E-state index contributed by atoms with van der Waals surface area (Å²) in [6, 6.07) is 13.3. The van der Waals surface area contributed by atoms with Crippen LogP contribution in [0, 0.1) is 0 Å². The van der Waals surface area contributed by atoms with Crippen LogP contribution in [0.15, 0.2) is 53.0 Å². The zero-order valence-corrected chi connectivity index (χ0v) is 14.2. The molecule has 128 valence electrons. The van der Waals surface area contributed by atoms with Crippen molar-refractivity contribution in [1.82, 2.24) is 5.32 Å². The van der Waals surface area contributed by atoms with Crippen molar-refractivity contribution < 1.29 is 22.7 Å². The minimum Gasteiger partial charge on any atom is -0.484 e. The van der Waals surface area contributed by atoms with E-state index in [9.17, 15) is 18.0 Å². The van der Waals surface area contributed by atoms with E-state index in [-0.39, 0.29) is 11.7 Å². The quantitative estimate of drug-likeness (QED) is 0.780. The van der Waals surface area contributed by atoms with E-state index in [2.05, 4.69) is 26.0 Å². The van der Waals surface area contributed by atoms with Gasteiger partial charge in [0, 0.05) is 16.6 Å². The predicted molar refractivity (Wildman–Crippen MR) is 88.2 cm³/mol. The first kappa shape index (κ1) is 18.3. The van der Waals surface area contributed by atoms with Crippen LogP contribution in [0.3, 0.4) is 0 Å². The Morgan fingerprint density at radius 1 is 1.08 bits per heavy atom. The van der Waals surface area contributed by atoms with E-state index in [1.54, 1.807) is 0 Å². The Labute approximate surface area is 146 Å². The van der Waals surface area contributed by atoms with Crippen LogP contribution in [0.4, 0.5) is 13.2 Å². The lowest BCUT2D eigenvalue weighted by molar-refractivity contribution is -0.153. The monoisotopic (exact) mass is 401 g/mol. The number of hydrogen-bond acceptors (Lipinski definition) is 2. The number of nitrogens with one attached hydrogen (secondary N) is 1. The molecule has 0 radical (unpaired) electrons. The van der Waals surface area contributed by atoms with Crippen LogP contribution in [0.25, 0.3) is 0 Å². The summed E-state index contributed by atoms with van der Waals surface area (Å²) >= 11 is 3.44. The number of halogens is 4. The molecule has 0 aliphatic rings. The van der Waals surface area contributed by atoms with Gasteiger partial charge in [0.15, 0.2) is 6.61 Å². The van der Waals surface area contributed by atoms with Gasteiger partial charge in [-0.25, -0.2) is 0 Å². The average Bonchev–Trinajstić information content (AvgIpc) is 2.54. The Balaban J connectivity index is 1.83. The smallest absolute Gasteiger partial charge is 0.422 e. The van der Waals surface area contributed by atoms with Gasteiger partial charge in [0.05, 0.1) is 0 Å². The summed E-state index contributed by atoms with van der Waals surface area (Å²) in [6.45, 7) is -0.904. The molecule has 0 bridgehead atoms. The SMILES string of the molecule is O=C(NCCc1ccccc1Br)c1ccc(OCC(F)(F)F)cc1. The highest BCUT2D eigenvalue weighted by Gasteiger charge is 2.28. The lowest BCUT2D eigenvalue weighted by Crippen LogP contribution is -2.25. The van der Waals surface area contributed by atoms with E-state index in [0.29, 0.717) is 18.5 Å². The Bertz CT molecular complexity index is 687. The zero-order chi connectivity index (χ0) is 17.6. The zero-order valence-electron chi connectivity index (χ0n) is 12.6. The van der Waals surface area contributed by atoms with Crippen LogP contribution < -0.4 is 10.1 Å². The Morgan fingerprint density at radius 2 is 1.75 bits per heavy atom. The predicted octanol–water partition coefficient (Wildman–Crippen LogP) is 4.36. The van der Waals surface area contributed by atoms with E-state index in [1.807, 2.05) is 24.3 Å². The molecule has 1 amide bonds. The fourth-order valence-corrected chi connectivity index (χ4v) is 2.46. The largest absolute Gasteiger partial charge is 0.484 e. The van der Waals surface area contributed by atoms with Gasteiger partial charge >= 0.3 is 6.18 Å². The van der Waals surface area contributed by atoms with Crippen molar-refractivity contribution in [3.63, 3.8) is 0 Å². The van der Waals surface area contributed by atoms with E-state index in [4.69, 9.17) is 0 Å². The lowest BCUT2D eigenvalue weighted by atomic mass is 10.1. The second-order valence-corrected chi connectivity index (χ2v) is 5.88. The highest BCUT2D eigenvalue weighted by molar-refractivity contribution is 9.10. The topological polar surface area (TPSA) is 38.3 Å². The second kappa shape index (κ2) is 8.19. The number of ether oxygens (including phenoxy) is 1. The van der Waals surface area contributed by atoms with Gasteiger partial charge in [-0.3, -0.25) is 4.79 Å². The third kappa shape index (κ3) is 5.88. The number of rotatable bonds is 6. The summed E-state index contributed by atoms with van der Waals surface area (Å²) in [5, 5.41) is 2.77. The van der Waals surface area contributed by atoms with Crippen molar-refractivity contribution >= 4 is 21.8 Å². The molecule has 7 heteroatoms. The molecule has 0 heterocycles. The van der Waals surface area contributed by atoms with E-state index in [0.717, 1.165) is 10.0 Å². The summed E-state index contributed by atoms with van der Waals surface area (Å²) < 4.78 is 41.8. The van der Waals surface area contributed by atoms with Crippen molar-refractivity contribution in [3.05, 3.63) is 64.1 Å². The Hall–Kier alpha value is -2.02. The minimum atomic E-state index is -4.39. The van der Waals surface area contributed by atoms with Gasteiger partial charge in [-0.15, -0.1) is 0 Å². The molecule has 0 aliphatic heterocycles. The number of benzene rings is 2. The van der Waals surface area contributed by atoms with Crippen molar-refractivity contribution in [1.29, 1.82) is 0 Å². The van der Waals surface area contributed by atoms with E-state index < -0.39 is 12.8 Å². The molecule has 0 aliphatic carbocycles. The number of carbonyl (C=O) groups excluding carboxylic acids is 1. The van der Waals surface area contributed by atoms with Gasteiger partial charge in [0.2, 0.25) is 0 Å². The van der Waals surface area contributed by atoms with Gasteiger partial charge in [-0.05, 0) is 42.3 Å². The highest BCUT2D eigenvalue weighted by atomic mass is 79.9. The maximum atomic E-state index is 12.1. The standard InChI is InChI=1S/C17H15BrF3NO2/c18-15-4-2-1-3-12(15)9-10-22-16(23)13-5-7-14(8-6-13)24-11-17(19,20)21/h1-8H,9-11H2,(H,22,23). The summed E-state index contributed by atoms with van der Waals surface area (Å²) in [7, 11) is 0. The molecule has 0 fully saturated rings. The van der Waals surface area contributed by atoms with Crippen molar-refractivity contribution in [2.45, 2.75) is 12.6 Å². The number of carbonyl (C=O) groups is 1. The van der Waals surface area contributed by atoms with Crippen LogP contribution in [0.5, 0.6) is 5.75 Å². The first-order valence-electron chi connectivity index (χ1n) is 7.16. The second-order valence-electron chi connectivity index (χ2n) is 5.03. The molecular formula is C17H15BrF3NO2. The molecular weight excluding hydrogens is 387 g/mol. The molecule has 2 aromatic carbocycles. The summed E-state index contributed by atoms with van der Waals surface area (Å²) in [4.78, 5) is 12.0. The van der Waals surface area contributed by atoms with E-state index >= 15 is 0 Å². The first-order chi connectivity index (χ1) is 11.3. The van der Waals surface area contributed by atoms with Crippen LogP contribution in [-0.4, -0.2) is 25.2 Å². The molecule has 3 nitrogen and oxygen atoms in total. The maximum Gasteiger partial charge on any atom is 0.422 e. The van der Waals surface area contributed by atoms with Crippen LogP contribution in [0.2, 0.25) is 0 Å². The van der Waals surface area contributed by atoms with Crippen LogP contribution >= 0.6 is 15.9 Å². The van der Waals surface area contributed by atoms with E-state index in [1.165, 1.54) is 24.3 Å². The normalized spacial score (nSPS) is 11.2. The van der Waals surface area contributed by atoms with Crippen LogP contribution in [0.1, 0.15) is 15.9 Å². The molecule has 1 N–H and O–H groups in total. The first-order valence-corrected chi connectivity index (χ1v) is 7.96. The molecule has 0 aromatic heterocycles. The van der Waals surface area contributed by atoms with Crippen molar-refractivity contribution in [3.8, 4) is 5.75 Å². The Morgan fingerprint density at radius 3 is 2.38 bits per heavy atom. The molecule has 0 atom stereocenters. The summed E-state index contributed by atoms with van der Waals surface area (Å²) in [6.07, 6.45) is -3.72. The molecule has 24 heavy (non-hydrogen) atoms. The number of amides is 1. The Kier molecular flexibility index (Phi) is 6.25. The number of alkyl halides is 3. The van der Waals surface area contributed by atoms with Crippen molar-refractivity contribution in [2.75, 3.05) is 13.2 Å². The fourth-order valence-electron chi connectivity index (χ4n) is 1.98. The lowest BCUT2D eigenvalue weighted by Gasteiger charge is -2.10. The average molecular weight is 402 g/mol. The van der Waals surface area contributed by atoms with Gasteiger partial charge in [0.25, 0.3) is 5.91 Å². The molecule has 0 spiro atoms. The molecule has 2 aromatic rings. The van der Waals surface area contributed by atoms with Crippen LogP contribution in [-0.2, 0) is 6.42 Å². The number of hydrogen-bond donors (Lipinski definition) is 1. The maximum absolute atomic E-state index is 12.1. The van der Waals surface area contributed by atoms with Gasteiger partial charge < -0.3 is 10.1 Å². The summed E-state index contributed by atoms with van der Waals surface area (Å²) in [5.74, 6) is -0.221. The highest BCUT2D eigenvalue weighted by Crippen LogP contribution is 2.19.